The summed E-state index contributed by atoms with van der Waals surface area (Å²) in [5.41, 5.74) is 1.62. The zero-order valence-corrected chi connectivity index (χ0v) is 14.7. The van der Waals surface area contributed by atoms with Gasteiger partial charge in [-0.1, -0.05) is 48.5 Å². The van der Waals surface area contributed by atoms with Gasteiger partial charge in [-0.05, 0) is 60.4 Å². The lowest BCUT2D eigenvalue weighted by Gasteiger charge is -2.28. The van der Waals surface area contributed by atoms with Crippen LogP contribution in [0.25, 0.3) is 0 Å². The van der Waals surface area contributed by atoms with Gasteiger partial charge in [-0.25, -0.2) is 0 Å². The van der Waals surface area contributed by atoms with E-state index in [1.54, 1.807) is 36.4 Å². The molecule has 132 valence electrons. The van der Waals surface area contributed by atoms with Gasteiger partial charge < -0.3 is 15.5 Å². The molecule has 0 aliphatic carbocycles. The van der Waals surface area contributed by atoms with E-state index in [9.17, 15) is 15.0 Å². The zero-order chi connectivity index (χ0) is 18.7. The predicted octanol–water partition coefficient (Wildman–Crippen LogP) is 3.88. The van der Waals surface area contributed by atoms with Crippen molar-refractivity contribution in [2.24, 2.45) is 0 Å². The quantitative estimate of drug-likeness (QED) is 0.671. The van der Waals surface area contributed by atoms with Crippen molar-refractivity contribution >= 4 is 11.6 Å². The lowest BCUT2D eigenvalue weighted by molar-refractivity contribution is -0.131. The Bertz CT molecular complexity index is 900. The van der Waals surface area contributed by atoms with Crippen LogP contribution < -0.4 is 5.32 Å². The van der Waals surface area contributed by atoms with Crippen molar-refractivity contribution in [2.75, 3.05) is 5.32 Å². The zero-order valence-electron chi connectivity index (χ0n) is 14.7. The van der Waals surface area contributed by atoms with E-state index in [0.717, 1.165) is 11.1 Å². The van der Waals surface area contributed by atoms with Gasteiger partial charge in [-0.3, -0.25) is 4.79 Å². The summed E-state index contributed by atoms with van der Waals surface area (Å²) in [5.74, 6) is -0.488. The minimum absolute atomic E-state index is 0.0684. The van der Waals surface area contributed by atoms with E-state index in [2.05, 4.69) is 5.32 Å². The van der Waals surface area contributed by atoms with Crippen LogP contribution in [0.4, 0.5) is 5.69 Å². The molecular weight excluding hydrogens is 326 g/mol. The minimum atomic E-state index is -1.88. The average Bonchev–Trinajstić information content (AvgIpc) is 2.61. The standard InChI is InChI=1S/C22H21NO3/c1-15-12-16(2)14-19(13-15)23-21(25)22(26,17-6-4-3-5-7-17)18-8-10-20(24)11-9-18/h3-14,24,26H,1-2H3,(H,23,25). The Kier molecular flexibility index (Phi) is 4.78. The van der Waals surface area contributed by atoms with Gasteiger partial charge in [0.15, 0.2) is 5.60 Å². The molecule has 0 bridgehead atoms. The van der Waals surface area contributed by atoms with Crippen LogP contribution in [0.1, 0.15) is 22.3 Å². The van der Waals surface area contributed by atoms with Crippen molar-refractivity contribution in [1.29, 1.82) is 0 Å². The summed E-state index contributed by atoms with van der Waals surface area (Å²) in [7, 11) is 0. The maximum Gasteiger partial charge on any atom is 0.265 e. The van der Waals surface area contributed by atoms with Crippen molar-refractivity contribution in [3.8, 4) is 5.75 Å². The Morgan fingerprint density at radius 2 is 1.38 bits per heavy atom. The fourth-order valence-electron chi connectivity index (χ4n) is 3.08. The molecule has 0 heterocycles. The predicted molar refractivity (Wildman–Crippen MR) is 102 cm³/mol. The number of aromatic hydroxyl groups is 1. The van der Waals surface area contributed by atoms with Gasteiger partial charge in [-0.15, -0.1) is 0 Å². The lowest BCUT2D eigenvalue weighted by atomic mass is 9.85. The highest BCUT2D eigenvalue weighted by Crippen LogP contribution is 2.32. The van der Waals surface area contributed by atoms with Gasteiger partial charge in [0.25, 0.3) is 5.91 Å². The summed E-state index contributed by atoms with van der Waals surface area (Å²) in [4.78, 5) is 13.1. The number of rotatable bonds is 4. The molecule has 3 rings (SSSR count). The molecule has 0 radical (unpaired) electrons. The number of hydrogen-bond acceptors (Lipinski definition) is 3. The van der Waals surface area contributed by atoms with Crippen LogP contribution in [0.3, 0.4) is 0 Å². The van der Waals surface area contributed by atoms with Gasteiger partial charge in [0, 0.05) is 5.69 Å². The Morgan fingerprint density at radius 1 is 0.846 bits per heavy atom. The maximum atomic E-state index is 13.1. The number of nitrogens with one attached hydrogen (secondary N) is 1. The highest BCUT2D eigenvalue weighted by atomic mass is 16.3. The molecule has 1 amide bonds. The van der Waals surface area contributed by atoms with Crippen LogP contribution >= 0.6 is 0 Å². The third-order valence-electron chi connectivity index (χ3n) is 4.28. The number of carbonyl (C=O) groups excluding carboxylic acids is 1. The number of hydrogen-bond donors (Lipinski definition) is 3. The number of benzene rings is 3. The largest absolute Gasteiger partial charge is 0.508 e. The monoisotopic (exact) mass is 347 g/mol. The van der Waals surface area contributed by atoms with E-state index in [1.807, 2.05) is 38.1 Å². The second-order valence-electron chi connectivity index (χ2n) is 6.45. The van der Waals surface area contributed by atoms with E-state index in [-0.39, 0.29) is 5.75 Å². The van der Waals surface area contributed by atoms with Crippen LogP contribution in [-0.4, -0.2) is 16.1 Å². The number of amides is 1. The first-order valence-corrected chi connectivity index (χ1v) is 8.37. The van der Waals surface area contributed by atoms with E-state index in [1.165, 1.54) is 12.1 Å². The second-order valence-corrected chi connectivity index (χ2v) is 6.45. The second kappa shape index (κ2) is 7.02. The average molecular weight is 347 g/mol. The number of anilines is 1. The summed E-state index contributed by atoms with van der Waals surface area (Å²) in [6, 6.07) is 20.5. The summed E-state index contributed by atoms with van der Waals surface area (Å²) in [6.45, 7) is 3.90. The summed E-state index contributed by atoms with van der Waals surface area (Å²) in [5, 5.41) is 23.8. The third-order valence-corrected chi connectivity index (χ3v) is 4.28. The number of aliphatic hydroxyl groups is 1. The highest BCUT2D eigenvalue weighted by molar-refractivity contribution is 6.00. The number of phenols is 1. The molecule has 26 heavy (non-hydrogen) atoms. The van der Waals surface area contributed by atoms with Crippen molar-refractivity contribution in [1.82, 2.24) is 0 Å². The van der Waals surface area contributed by atoms with Gasteiger partial charge in [0.1, 0.15) is 5.75 Å². The van der Waals surface area contributed by atoms with Gasteiger partial charge >= 0.3 is 0 Å². The fraction of sp³-hybridized carbons (Fsp3) is 0.136. The molecule has 0 aromatic heterocycles. The number of aryl methyl sites for hydroxylation is 2. The number of phenolic OH excluding ortho intramolecular Hbond substituents is 1. The van der Waals surface area contributed by atoms with Crippen molar-refractivity contribution in [2.45, 2.75) is 19.4 Å². The van der Waals surface area contributed by atoms with Crippen LogP contribution in [0, 0.1) is 13.8 Å². The molecule has 0 saturated carbocycles. The van der Waals surface area contributed by atoms with Gasteiger partial charge in [0.05, 0.1) is 0 Å². The van der Waals surface area contributed by atoms with Crippen molar-refractivity contribution < 1.29 is 15.0 Å². The summed E-state index contributed by atoms with van der Waals surface area (Å²) >= 11 is 0. The minimum Gasteiger partial charge on any atom is -0.508 e. The molecule has 0 saturated heterocycles. The normalized spacial score (nSPS) is 13.0. The van der Waals surface area contributed by atoms with Gasteiger partial charge in [0.2, 0.25) is 0 Å². The first kappa shape index (κ1) is 17.7. The Labute approximate surface area is 152 Å². The Balaban J connectivity index is 2.05. The van der Waals surface area contributed by atoms with Crippen molar-refractivity contribution in [3.05, 3.63) is 95.1 Å². The van der Waals surface area contributed by atoms with Crippen LogP contribution in [0.15, 0.2) is 72.8 Å². The third kappa shape index (κ3) is 3.46. The SMILES string of the molecule is Cc1cc(C)cc(NC(=O)C(O)(c2ccccc2)c2ccc(O)cc2)c1. The molecule has 0 aliphatic rings. The molecule has 0 fully saturated rings. The summed E-state index contributed by atoms with van der Waals surface area (Å²) in [6.07, 6.45) is 0. The highest BCUT2D eigenvalue weighted by Gasteiger charge is 2.40. The van der Waals surface area contributed by atoms with Gasteiger partial charge in [-0.2, -0.15) is 0 Å². The first-order chi connectivity index (χ1) is 12.4. The number of carbonyl (C=O) groups is 1. The Hall–Kier alpha value is -3.11. The topological polar surface area (TPSA) is 69.6 Å². The molecule has 1 atom stereocenters. The summed E-state index contributed by atoms with van der Waals surface area (Å²) < 4.78 is 0. The molecule has 4 heteroatoms. The molecule has 3 N–H and O–H groups in total. The van der Waals surface area contributed by atoms with E-state index in [0.29, 0.717) is 16.8 Å². The smallest absolute Gasteiger partial charge is 0.265 e. The molecule has 3 aromatic carbocycles. The molecule has 4 nitrogen and oxygen atoms in total. The Morgan fingerprint density at radius 3 is 1.96 bits per heavy atom. The maximum absolute atomic E-state index is 13.1. The van der Waals surface area contributed by atoms with Crippen LogP contribution in [0.2, 0.25) is 0 Å². The van der Waals surface area contributed by atoms with E-state index in [4.69, 9.17) is 0 Å². The van der Waals surface area contributed by atoms with E-state index >= 15 is 0 Å². The van der Waals surface area contributed by atoms with Crippen molar-refractivity contribution in [3.63, 3.8) is 0 Å². The van der Waals surface area contributed by atoms with Crippen LogP contribution in [0.5, 0.6) is 5.75 Å². The van der Waals surface area contributed by atoms with E-state index < -0.39 is 11.5 Å². The molecule has 0 aliphatic heterocycles. The van der Waals surface area contributed by atoms with Crippen LogP contribution in [-0.2, 0) is 10.4 Å². The molecule has 0 spiro atoms. The molecular formula is C22H21NO3. The molecule has 3 aromatic rings. The first-order valence-electron chi connectivity index (χ1n) is 8.37. The lowest BCUT2D eigenvalue weighted by Crippen LogP contribution is -2.41. The fourth-order valence-corrected chi connectivity index (χ4v) is 3.08. The molecule has 1 unspecified atom stereocenters.